The van der Waals surface area contributed by atoms with Gasteiger partial charge in [0.2, 0.25) is 0 Å². The molecule has 1 aromatic carbocycles. The minimum Gasteiger partial charge on any atom is -0.307 e. The van der Waals surface area contributed by atoms with Gasteiger partial charge in [0.1, 0.15) is 5.69 Å². The molecule has 2 aromatic rings. The molecule has 1 amide bonds. The molecule has 0 bridgehead atoms. The second-order valence-electron chi connectivity index (χ2n) is 5.35. The Morgan fingerprint density at radius 1 is 1.30 bits per heavy atom. The van der Waals surface area contributed by atoms with E-state index in [2.05, 4.69) is 29.3 Å². The van der Waals surface area contributed by atoms with Crippen molar-refractivity contribution >= 4 is 11.6 Å². The Hall–Kier alpha value is -2.10. The molecule has 1 aliphatic rings. The van der Waals surface area contributed by atoms with Crippen LogP contribution in [0.2, 0.25) is 0 Å². The third-order valence-corrected chi connectivity index (χ3v) is 3.77. The van der Waals surface area contributed by atoms with Crippen LogP contribution < -0.4 is 4.90 Å². The summed E-state index contributed by atoms with van der Waals surface area (Å²) in [5.41, 5.74) is 2.80. The van der Waals surface area contributed by atoms with E-state index in [0.717, 1.165) is 18.7 Å². The lowest BCUT2D eigenvalue weighted by Gasteiger charge is -2.22. The lowest BCUT2D eigenvalue weighted by Crippen LogP contribution is -2.33. The normalized spacial score (nSPS) is 14.2. The van der Waals surface area contributed by atoms with E-state index in [-0.39, 0.29) is 5.91 Å². The summed E-state index contributed by atoms with van der Waals surface area (Å²) in [6.45, 7) is 2.93. The second-order valence-corrected chi connectivity index (χ2v) is 5.35. The zero-order valence-corrected chi connectivity index (χ0v) is 11.7. The lowest BCUT2D eigenvalue weighted by molar-refractivity contribution is 0.0981. The number of hydrogen-bond acceptors (Lipinski definition) is 2. The average molecular weight is 269 g/mol. The molecular weight excluding hydrogens is 250 g/mol. The van der Waals surface area contributed by atoms with Gasteiger partial charge in [0.05, 0.1) is 0 Å². The molecule has 1 saturated carbocycles. The van der Waals surface area contributed by atoms with Gasteiger partial charge < -0.3 is 4.90 Å². The summed E-state index contributed by atoms with van der Waals surface area (Å²) in [6, 6.07) is 9.98. The monoisotopic (exact) mass is 269 g/mol. The van der Waals surface area contributed by atoms with Crippen molar-refractivity contribution in [1.82, 2.24) is 10.2 Å². The number of amides is 1. The summed E-state index contributed by atoms with van der Waals surface area (Å²) < 4.78 is 0. The number of nitrogens with one attached hydrogen (secondary N) is 1. The lowest BCUT2D eigenvalue weighted by atomic mass is 10.1. The van der Waals surface area contributed by atoms with Crippen molar-refractivity contribution in [1.29, 1.82) is 0 Å². The highest BCUT2D eigenvalue weighted by atomic mass is 16.2. The molecule has 1 N–H and O–H groups in total. The fraction of sp³-hybridized carbons (Fsp3) is 0.375. The number of aromatic nitrogens is 2. The van der Waals surface area contributed by atoms with Crippen LogP contribution in [-0.2, 0) is 6.42 Å². The quantitative estimate of drug-likeness (QED) is 0.907. The highest BCUT2D eigenvalue weighted by molar-refractivity contribution is 6.04. The first-order valence-corrected chi connectivity index (χ1v) is 7.18. The first-order chi connectivity index (χ1) is 9.78. The maximum Gasteiger partial charge on any atom is 0.276 e. The highest BCUT2D eigenvalue weighted by Crippen LogP contribution is 2.32. The van der Waals surface area contributed by atoms with Crippen LogP contribution in [0.3, 0.4) is 0 Å². The fourth-order valence-corrected chi connectivity index (χ4v) is 2.30. The number of H-pyrrole nitrogens is 1. The van der Waals surface area contributed by atoms with Crippen molar-refractivity contribution in [2.24, 2.45) is 5.92 Å². The molecule has 4 heteroatoms. The van der Waals surface area contributed by atoms with Crippen molar-refractivity contribution in [3.63, 3.8) is 0 Å². The average Bonchev–Trinajstić information content (AvgIpc) is 3.14. The number of carbonyl (C=O) groups is 1. The Morgan fingerprint density at radius 2 is 2.05 bits per heavy atom. The Morgan fingerprint density at radius 3 is 2.60 bits per heavy atom. The summed E-state index contributed by atoms with van der Waals surface area (Å²) in [5, 5.41) is 6.63. The summed E-state index contributed by atoms with van der Waals surface area (Å²) in [5.74, 6) is 0.645. The van der Waals surface area contributed by atoms with Crippen LogP contribution in [0.5, 0.6) is 0 Å². The van der Waals surface area contributed by atoms with Crippen molar-refractivity contribution in [2.75, 3.05) is 11.4 Å². The molecule has 0 unspecified atom stereocenters. The Labute approximate surface area is 118 Å². The van der Waals surface area contributed by atoms with E-state index in [9.17, 15) is 4.79 Å². The van der Waals surface area contributed by atoms with Gasteiger partial charge in [-0.05, 0) is 48.9 Å². The van der Waals surface area contributed by atoms with Crippen molar-refractivity contribution < 1.29 is 4.79 Å². The second kappa shape index (κ2) is 5.49. The number of aryl methyl sites for hydroxylation is 1. The molecule has 0 radical (unpaired) electrons. The maximum atomic E-state index is 12.6. The summed E-state index contributed by atoms with van der Waals surface area (Å²) in [7, 11) is 0. The van der Waals surface area contributed by atoms with E-state index in [1.807, 2.05) is 17.0 Å². The zero-order chi connectivity index (χ0) is 13.9. The van der Waals surface area contributed by atoms with Gasteiger partial charge in [-0.2, -0.15) is 5.10 Å². The first-order valence-electron chi connectivity index (χ1n) is 7.18. The van der Waals surface area contributed by atoms with Crippen LogP contribution in [0.4, 0.5) is 5.69 Å². The molecule has 4 nitrogen and oxygen atoms in total. The van der Waals surface area contributed by atoms with Gasteiger partial charge in [0.25, 0.3) is 5.91 Å². The number of nitrogens with zero attached hydrogens (tertiary/aromatic N) is 2. The third-order valence-electron chi connectivity index (χ3n) is 3.77. The summed E-state index contributed by atoms with van der Waals surface area (Å²) in [6.07, 6.45) is 5.07. The van der Waals surface area contributed by atoms with Crippen LogP contribution >= 0.6 is 0 Å². The molecule has 20 heavy (non-hydrogen) atoms. The molecule has 104 valence electrons. The third kappa shape index (κ3) is 2.74. The molecule has 3 rings (SSSR count). The number of rotatable bonds is 5. The van der Waals surface area contributed by atoms with Gasteiger partial charge in [0.15, 0.2) is 0 Å². The molecule has 1 aliphatic carbocycles. The SMILES string of the molecule is CCc1ccc(N(CC2CC2)C(=O)c2ccn[nH]2)cc1. The van der Waals surface area contributed by atoms with Crippen molar-refractivity contribution in [3.8, 4) is 0 Å². The number of aromatic amines is 1. The number of hydrogen-bond donors (Lipinski definition) is 1. The van der Waals surface area contributed by atoms with E-state index in [1.54, 1.807) is 12.3 Å². The Bertz CT molecular complexity index is 570. The Kier molecular flexibility index (Phi) is 3.54. The topological polar surface area (TPSA) is 49.0 Å². The van der Waals surface area contributed by atoms with Crippen molar-refractivity contribution in [2.45, 2.75) is 26.2 Å². The van der Waals surface area contributed by atoms with Crippen LogP contribution in [0.15, 0.2) is 36.5 Å². The number of benzene rings is 1. The molecule has 1 heterocycles. The molecule has 1 aromatic heterocycles. The van der Waals surface area contributed by atoms with Gasteiger partial charge in [-0.15, -0.1) is 0 Å². The predicted molar refractivity (Wildman–Crippen MR) is 78.8 cm³/mol. The molecule has 0 saturated heterocycles. The van der Waals surface area contributed by atoms with E-state index in [0.29, 0.717) is 11.6 Å². The van der Waals surface area contributed by atoms with Gasteiger partial charge in [0, 0.05) is 18.4 Å². The minimum absolute atomic E-state index is 0.00125. The molecule has 0 atom stereocenters. The van der Waals surface area contributed by atoms with E-state index >= 15 is 0 Å². The zero-order valence-electron chi connectivity index (χ0n) is 11.7. The first kappa shape index (κ1) is 12.9. The predicted octanol–water partition coefficient (Wildman–Crippen LogP) is 3.03. The minimum atomic E-state index is -0.00125. The molecule has 1 fully saturated rings. The van der Waals surface area contributed by atoms with Gasteiger partial charge in [-0.1, -0.05) is 19.1 Å². The van der Waals surface area contributed by atoms with E-state index in [1.165, 1.54) is 18.4 Å². The van der Waals surface area contributed by atoms with Crippen LogP contribution in [0, 0.1) is 5.92 Å². The van der Waals surface area contributed by atoms with Gasteiger partial charge >= 0.3 is 0 Å². The number of carbonyl (C=O) groups excluding carboxylic acids is 1. The van der Waals surface area contributed by atoms with Crippen LogP contribution in [0.25, 0.3) is 0 Å². The Balaban J connectivity index is 1.86. The molecular formula is C16H19N3O. The van der Waals surface area contributed by atoms with Crippen molar-refractivity contribution in [3.05, 3.63) is 47.8 Å². The number of anilines is 1. The summed E-state index contributed by atoms with van der Waals surface area (Å²) in [4.78, 5) is 14.4. The fourth-order valence-electron chi connectivity index (χ4n) is 2.30. The summed E-state index contributed by atoms with van der Waals surface area (Å²) >= 11 is 0. The van der Waals surface area contributed by atoms with Crippen LogP contribution in [-0.4, -0.2) is 22.6 Å². The van der Waals surface area contributed by atoms with E-state index in [4.69, 9.17) is 0 Å². The van der Waals surface area contributed by atoms with E-state index < -0.39 is 0 Å². The largest absolute Gasteiger partial charge is 0.307 e. The van der Waals surface area contributed by atoms with Crippen LogP contribution in [0.1, 0.15) is 35.8 Å². The molecule has 0 aliphatic heterocycles. The standard InChI is InChI=1S/C16H19N3O/c1-2-12-5-7-14(8-6-12)19(11-13-3-4-13)16(20)15-9-10-17-18-15/h5-10,13H,2-4,11H2,1H3,(H,17,18). The highest BCUT2D eigenvalue weighted by Gasteiger charge is 2.28. The van der Waals surface area contributed by atoms with Gasteiger partial charge in [-0.3, -0.25) is 9.89 Å². The molecule has 0 spiro atoms. The van der Waals surface area contributed by atoms with Gasteiger partial charge in [-0.25, -0.2) is 0 Å². The maximum absolute atomic E-state index is 12.6. The smallest absolute Gasteiger partial charge is 0.276 e.